The normalized spacial score (nSPS) is 11.3. The van der Waals surface area contributed by atoms with Crippen molar-refractivity contribution in [3.63, 3.8) is 0 Å². The Morgan fingerprint density at radius 2 is 1.91 bits per heavy atom. The molecule has 0 amide bonds. The molecule has 120 valence electrons. The van der Waals surface area contributed by atoms with Crippen molar-refractivity contribution < 1.29 is 26.1 Å². The lowest BCUT2D eigenvalue weighted by Gasteiger charge is -1.98. The summed E-state index contributed by atoms with van der Waals surface area (Å²) in [5.41, 5.74) is 0.240. The van der Waals surface area contributed by atoms with Crippen molar-refractivity contribution in [2.75, 3.05) is 7.11 Å². The Kier molecular flexibility index (Phi) is 6.28. The number of rotatable bonds is 3. The van der Waals surface area contributed by atoms with E-state index in [0.29, 0.717) is 5.95 Å². The monoisotopic (exact) mass is 330 g/mol. The van der Waals surface area contributed by atoms with Crippen LogP contribution in [0.15, 0.2) is 46.9 Å². The minimum absolute atomic E-state index is 0.240. The van der Waals surface area contributed by atoms with E-state index >= 15 is 0 Å². The van der Waals surface area contributed by atoms with Crippen LogP contribution in [0.25, 0.3) is 0 Å². The third kappa shape index (κ3) is 5.68. The van der Waals surface area contributed by atoms with Crippen LogP contribution in [0.5, 0.6) is 0 Å². The SMILES string of the molecule is COS(=O)(=O)[O-].Cn1cc[n+](C)c1N=Nc1ccccc1F. The lowest BCUT2D eigenvalue weighted by atomic mass is 10.3. The zero-order valence-electron chi connectivity index (χ0n) is 12.2. The minimum Gasteiger partial charge on any atom is -0.726 e. The lowest BCUT2D eigenvalue weighted by molar-refractivity contribution is -0.657. The van der Waals surface area contributed by atoms with Gasteiger partial charge < -0.3 is 4.55 Å². The van der Waals surface area contributed by atoms with Crippen LogP contribution in [0.2, 0.25) is 0 Å². The molecule has 1 aromatic heterocycles. The molecule has 0 aliphatic heterocycles. The number of imidazole rings is 1. The molecule has 22 heavy (non-hydrogen) atoms. The predicted molar refractivity (Wildman–Crippen MR) is 73.9 cm³/mol. The first-order valence-electron chi connectivity index (χ1n) is 5.93. The fourth-order valence-corrected chi connectivity index (χ4v) is 1.35. The summed E-state index contributed by atoms with van der Waals surface area (Å²) < 4.78 is 47.9. The first-order chi connectivity index (χ1) is 10.2. The third-order valence-corrected chi connectivity index (χ3v) is 2.86. The molecule has 0 unspecified atom stereocenters. The molecule has 1 aromatic carbocycles. The largest absolute Gasteiger partial charge is 0.726 e. The molecule has 0 fully saturated rings. The Morgan fingerprint density at radius 3 is 2.36 bits per heavy atom. The fourth-order valence-electron chi connectivity index (χ4n) is 1.35. The van der Waals surface area contributed by atoms with Gasteiger partial charge in [-0.25, -0.2) is 21.9 Å². The van der Waals surface area contributed by atoms with E-state index in [4.69, 9.17) is 0 Å². The van der Waals surface area contributed by atoms with Gasteiger partial charge in [0.1, 0.15) is 5.69 Å². The summed E-state index contributed by atoms with van der Waals surface area (Å²) >= 11 is 0. The molecular weight excluding hydrogens is 315 g/mol. The van der Waals surface area contributed by atoms with Gasteiger partial charge >= 0.3 is 5.95 Å². The van der Waals surface area contributed by atoms with E-state index in [1.807, 2.05) is 35.6 Å². The second-order valence-corrected chi connectivity index (χ2v) is 5.20. The van der Waals surface area contributed by atoms with Crippen LogP contribution in [0, 0.1) is 5.82 Å². The molecule has 0 aliphatic rings. The lowest BCUT2D eigenvalue weighted by Crippen LogP contribution is -2.25. The van der Waals surface area contributed by atoms with Gasteiger partial charge in [-0.3, -0.25) is 4.18 Å². The van der Waals surface area contributed by atoms with Crippen molar-refractivity contribution >= 4 is 22.0 Å². The molecule has 0 N–H and O–H groups in total. The summed E-state index contributed by atoms with van der Waals surface area (Å²) in [4.78, 5) is 0. The van der Waals surface area contributed by atoms with Gasteiger partial charge in [-0.05, 0) is 12.1 Å². The molecule has 2 rings (SSSR count). The fraction of sp³-hybridized carbons (Fsp3) is 0.250. The molecule has 8 nitrogen and oxygen atoms in total. The summed E-state index contributed by atoms with van der Waals surface area (Å²) in [6, 6.07) is 6.29. The molecule has 10 heteroatoms. The Labute approximate surface area is 127 Å². The number of hydrogen-bond donors (Lipinski definition) is 0. The van der Waals surface area contributed by atoms with Crippen molar-refractivity contribution in [1.29, 1.82) is 0 Å². The number of halogens is 1. The van der Waals surface area contributed by atoms with Gasteiger partial charge in [0, 0.05) is 5.11 Å². The van der Waals surface area contributed by atoms with E-state index in [9.17, 15) is 17.4 Å². The quantitative estimate of drug-likeness (QED) is 0.368. The van der Waals surface area contributed by atoms with Crippen LogP contribution in [0.1, 0.15) is 0 Å². The van der Waals surface area contributed by atoms with Crippen LogP contribution in [-0.2, 0) is 28.7 Å². The van der Waals surface area contributed by atoms with E-state index in [-0.39, 0.29) is 11.5 Å². The van der Waals surface area contributed by atoms with Crippen LogP contribution < -0.4 is 4.57 Å². The highest BCUT2D eigenvalue weighted by Crippen LogP contribution is 2.18. The number of benzene rings is 1. The van der Waals surface area contributed by atoms with Gasteiger partial charge in [0.2, 0.25) is 10.4 Å². The summed E-state index contributed by atoms with van der Waals surface area (Å²) in [6.07, 6.45) is 3.71. The highest BCUT2D eigenvalue weighted by molar-refractivity contribution is 7.80. The number of azo groups is 1. The van der Waals surface area contributed by atoms with E-state index in [2.05, 4.69) is 14.4 Å². The number of aryl methyl sites for hydroxylation is 2. The van der Waals surface area contributed by atoms with E-state index in [1.54, 1.807) is 18.2 Å². The van der Waals surface area contributed by atoms with Gasteiger partial charge in [-0.15, -0.1) is 0 Å². The predicted octanol–water partition coefficient (Wildman–Crippen LogP) is 1.50. The summed E-state index contributed by atoms with van der Waals surface area (Å²) in [5.74, 6) is 0.284. The molecule has 0 radical (unpaired) electrons. The molecule has 0 spiro atoms. The molecule has 2 aromatic rings. The molecule has 0 atom stereocenters. The summed E-state index contributed by atoms with van der Waals surface area (Å²) in [5, 5.41) is 7.89. The molecule has 0 bridgehead atoms. The van der Waals surface area contributed by atoms with E-state index < -0.39 is 10.4 Å². The highest BCUT2D eigenvalue weighted by Gasteiger charge is 2.10. The first kappa shape index (κ1) is 17.9. The molecule has 0 saturated carbocycles. The Morgan fingerprint density at radius 1 is 1.32 bits per heavy atom. The summed E-state index contributed by atoms with van der Waals surface area (Å²) in [6.45, 7) is 0. The van der Waals surface area contributed by atoms with E-state index in [1.165, 1.54) is 6.07 Å². The molecule has 0 aliphatic carbocycles. The van der Waals surface area contributed by atoms with E-state index in [0.717, 1.165) is 7.11 Å². The Balaban J connectivity index is 0.000000346. The minimum atomic E-state index is -4.41. The van der Waals surface area contributed by atoms with Crippen molar-refractivity contribution in [2.24, 2.45) is 24.3 Å². The number of hydrogen-bond acceptors (Lipinski definition) is 6. The maximum Gasteiger partial charge on any atom is 0.421 e. The molecular formula is C12H15FN4O4S. The number of aromatic nitrogens is 2. The Bertz CT molecular complexity index is 739. The van der Waals surface area contributed by atoms with Gasteiger partial charge in [0.25, 0.3) is 0 Å². The molecule has 0 saturated heterocycles. The van der Waals surface area contributed by atoms with Gasteiger partial charge in [-0.1, -0.05) is 17.2 Å². The molecule has 1 heterocycles. The standard InChI is InChI=1S/C11H12FN4.CH4O4S/c1-15-7-8-16(2)11(15)14-13-10-6-4-3-5-9(10)12;1-5-6(2,3)4/h3-8H,1-2H3;1H3,(H,2,3,4)/q+1;/p-1. The van der Waals surface area contributed by atoms with Crippen molar-refractivity contribution in [2.45, 2.75) is 0 Å². The van der Waals surface area contributed by atoms with Crippen LogP contribution in [0.4, 0.5) is 16.0 Å². The van der Waals surface area contributed by atoms with Crippen LogP contribution >= 0.6 is 0 Å². The Hall–Kier alpha value is -2.17. The second kappa shape index (κ2) is 7.73. The van der Waals surface area contributed by atoms with Crippen LogP contribution in [0.3, 0.4) is 0 Å². The van der Waals surface area contributed by atoms with Gasteiger partial charge in [0.15, 0.2) is 5.82 Å². The van der Waals surface area contributed by atoms with Gasteiger partial charge in [0.05, 0.1) is 33.6 Å². The number of nitrogens with zero attached hydrogens (tertiary/aromatic N) is 4. The first-order valence-corrected chi connectivity index (χ1v) is 7.26. The van der Waals surface area contributed by atoms with Crippen molar-refractivity contribution in [1.82, 2.24) is 4.57 Å². The smallest absolute Gasteiger partial charge is 0.421 e. The van der Waals surface area contributed by atoms with Crippen molar-refractivity contribution in [3.8, 4) is 0 Å². The van der Waals surface area contributed by atoms with Gasteiger partial charge in [-0.2, -0.15) is 0 Å². The zero-order chi connectivity index (χ0) is 16.8. The van der Waals surface area contributed by atoms with Crippen LogP contribution in [-0.4, -0.2) is 24.6 Å². The summed E-state index contributed by atoms with van der Waals surface area (Å²) in [7, 11) is 0.110. The third-order valence-electron chi connectivity index (χ3n) is 2.45. The zero-order valence-corrected chi connectivity index (χ0v) is 13.0. The average Bonchev–Trinajstić information content (AvgIpc) is 2.77. The average molecular weight is 330 g/mol. The highest BCUT2D eigenvalue weighted by atomic mass is 32.3. The topological polar surface area (TPSA) is 100.0 Å². The maximum atomic E-state index is 13.3. The second-order valence-electron chi connectivity index (χ2n) is 4.05. The van der Waals surface area contributed by atoms with Crippen molar-refractivity contribution in [3.05, 3.63) is 42.5 Å². The maximum absolute atomic E-state index is 13.3.